The minimum Gasteiger partial charge on any atom is -0.395 e. The molecule has 0 bridgehead atoms. The molecule has 1 heterocycles. The summed E-state index contributed by atoms with van der Waals surface area (Å²) in [5.74, 6) is 0.0430. The van der Waals surface area contributed by atoms with Crippen LogP contribution in [-0.2, 0) is 4.79 Å². The van der Waals surface area contributed by atoms with E-state index >= 15 is 0 Å². The first-order valence-corrected chi connectivity index (χ1v) is 8.64. The maximum atomic E-state index is 12.3. The first kappa shape index (κ1) is 19.0. The fourth-order valence-electron chi connectivity index (χ4n) is 2.73. The van der Waals surface area contributed by atoms with E-state index in [0.717, 1.165) is 26.2 Å². The molecule has 1 aliphatic rings. The fraction of sp³-hybridized carbons (Fsp3) is 0.474. The van der Waals surface area contributed by atoms with E-state index in [1.165, 1.54) is 5.56 Å². The minimum atomic E-state index is -0.391. The molecule has 0 aliphatic carbocycles. The van der Waals surface area contributed by atoms with Gasteiger partial charge in [-0.25, -0.2) is 0 Å². The van der Waals surface area contributed by atoms with Gasteiger partial charge in [0.25, 0.3) is 5.91 Å². The van der Waals surface area contributed by atoms with E-state index in [-0.39, 0.29) is 12.2 Å². The zero-order valence-electron chi connectivity index (χ0n) is 14.9. The SMILES string of the molecule is CC(C)c1ccc(NC(=O)/C(C#N)=C\N2CCN(CCO)CC2)cc1. The highest BCUT2D eigenvalue weighted by molar-refractivity contribution is 6.06. The maximum absolute atomic E-state index is 12.3. The Balaban J connectivity index is 1.95. The van der Waals surface area contributed by atoms with Gasteiger partial charge >= 0.3 is 0 Å². The van der Waals surface area contributed by atoms with E-state index in [4.69, 9.17) is 5.11 Å². The van der Waals surface area contributed by atoms with Crippen molar-refractivity contribution in [3.05, 3.63) is 41.6 Å². The Hall–Kier alpha value is -2.36. The van der Waals surface area contributed by atoms with Crippen molar-refractivity contribution in [2.75, 3.05) is 44.6 Å². The molecule has 0 saturated carbocycles. The van der Waals surface area contributed by atoms with Crippen LogP contribution in [0.5, 0.6) is 0 Å². The minimum absolute atomic E-state index is 0.101. The van der Waals surface area contributed by atoms with Crippen molar-refractivity contribution in [3.8, 4) is 6.07 Å². The average molecular weight is 342 g/mol. The molecule has 0 aromatic heterocycles. The smallest absolute Gasteiger partial charge is 0.267 e. The summed E-state index contributed by atoms with van der Waals surface area (Å²) in [6.07, 6.45) is 1.63. The molecular weight excluding hydrogens is 316 g/mol. The third-order valence-corrected chi connectivity index (χ3v) is 4.34. The molecule has 0 atom stereocenters. The molecule has 1 fully saturated rings. The van der Waals surface area contributed by atoms with Gasteiger partial charge in [0.2, 0.25) is 0 Å². The Bertz CT molecular complexity index is 638. The molecule has 1 aliphatic heterocycles. The normalized spacial score (nSPS) is 16.0. The van der Waals surface area contributed by atoms with E-state index in [1.54, 1.807) is 6.20 Å². The van der Waals surface area contributed by atoms with Crippen molar-refractivity contribution < 1.29 is 9.90 Å². The lowest BCUT2D eigenvalue weighted by Crippen LogP contribution is -2.45. The summed E-state index contributed by atoms with van der Waals surface area (Å²) in [5, 5.41) is 21.1. The Morgan fingerprint density at radius 2 is 1.92 bits per heavy atom. The van der Waals surface area contributed by atoms with Crippen LogP contribution in [0.1, 0.15) is 25.3 Å². The van der Waals surface area contributed by atoms with Gasteiger partial charge < -0.3 is 15.3 Å². The molecule has 2 rings (SSSR count). The van der Waals surface area contributed by atoms with Gasteiger partial charge in [0.05, 0.1) is 6.61 Å². The van der Waals surface area contributed by atoms with Gasteiger partial charge in [0.15, 0.2) is 0 Å². The largest absolute Gasteiger partial charge is 0.395 e. The van der Waals surface area contributed by atoms with Crippen molar-refractivity contribution in [2.45, 2.75) is 19.8 Å². The molecule has 1 aromatic carbocycles. The van der Waals surface area contributed by atoms with Gasteiger partial charge in [-0.15, -0.1) is 0 Å². The highest BCUT2D eigenvalue weighted by Crippen LogP contribution is 2.17. The summed E-state index contributed by atoms with van der Waals surface area (Å²) in [4.78, 5) is 16.5. The first-order chi connectivity index (χ1) is 12.0. The Labute approximate surface area is 149 Å². The zero-order valence-corrected chi connectivity index (χ0v) is 14.9. The third kappa shape index (κ3) is 5.59. The van der Waals surface area contributed by atoms with Gasteiger partial charge in [-0.3, -0.25) is 9.69 Å². The van der Waals surface area contributed by atoms with Crippen LogP contribution >= 0.6 is 0 Å². The first-order valence-electron chi connectivity index (χ1n) is 8.64. The second kappa shape index (κ2) is 9.21. The number of hydrogen-bond donors (Lipinski definition) is 2. The van der Waals surface area contributed by atoms with Crippen molar-refractivity contribution >= 4 is 11.6 Å². The van der Waals surface area contributed by atoms with Crippen LogP contribution in [-0.4, -0.2) is 60.1 Å². The summed E-state index contributed by atoms with van der Waals surface area (Å²) in [6.45, 7) is 8.15. The van der Waals surface area contributed by atoms with E-state index in [0.29, 0.717) is 18.2 Å². The number of rotatable bonds is 6. The predicted octanol–water partition coefficient (Wildman–Crippen LogP) is 1.77. The van der Waals surface area contributed by atoms with Crippen LogP contribution in [0.3, 0.4) is 0 Å². The van der Waals surface area contributed by atoms with Gasteiger partial charge in [0.1, 0.15) is 11.6 Å². The molecule has 25 heavy (non-hydrogen) atoms. The van der Waals surface area contributed by atoms with Gasteiger partial charge in [-0.05, 0) is 23.6 Å². The monoisotopic (exact) mass is 342 g/mol. The van der Waals surface area contributed by atoms with Gasteiger partial charge in [-0.2, -0.15) is 5.26 Å². The number of carbonyl (C=O) groups is 1. The lowest BCUT2D eigenvalue weighted by Gasteiger charge is -2.33. The van der Waals surface area contributed by atoms with Crippen molar-refractivity contribution in [2.24, 2.45) is 0 Å². The second-order valence-corrected chi connectivity index (χ2v) is 6.49. The Morgan fingerprint density at radius 1 is 1.28 bits per heavy atom. The Kier molecular flexibility index (Phi) is 6.99. The number of amides is 1. The van der Waals surface area contributed by atoms with Gasteiger partial charge in [-0.1, -0.05) is 26.0 Å². The maximum Gasteiger partial charge on any atom is 0.267 e. The number of hydrogen-bond acceptors (Lipinski definition) is 5. The van der Waals surface area contributed by atoms with Crippen molar-refractivity contribution in [1.82, 2.24) is 9.80 Å². The summed E-state index contributed by atoms with van der Waals surface area (Å²) in [6, 6.07) is 9.67. The number of carbonyl (C=O) groups excluding carboxylic acids is 1. The number of β-amino-alcohol motifs (C(OH)–C–C–N with tert-alkyl or cyclic N) is 1. The molecule has 134 valence electrons. The number of aliphatic hydroxyl groups is 1. The van der Waals surface area contributed by atoms with E-state index in [2.05, 4.69) is 24.1 Å². The number of nitrogens with one attached hydrogen (secondary N) is 1. The highest BCUT2D eigenvalue weighted by atomic mass is 16.3. The van der Waals surface area contributed by atoms with Crippen molar-refractivity contribution in [3.63, 3.8) is 0 Å². The van der Waals surface area contributed by atoms with Crippen LogP contribution in [0, 0.1) is 11.3 Å². The van der Waals surface area contributed by atoms with Crippen LogP contribution < -0.4 is 5.32 Å². The summed E-state index contributed by atoms with van der Waals surface area (Å²) >= 11 is 0. The summed E-state index contributed by atoms with van der Waals surface area (Å²) in [7, 11) is 0. The molecule has 6 nitrogen and oxygen atoms in total. The fourth-order valence-corrected chi connectivity index (χ4v) is 2.73. The van der Waals surface area contributed by atoms with Crippen LogP contribution in [0.4, 0.5) is 5.69 Å². The topological polar surface area (TPSA) is 79.6 Å². The molecule has 0 spiro atoms. The standard InChI is InChI=1S/C19H26N4O2/c1-15(2)16-3-5-18(6-4-16)21-19(25)17(13-20)14-23-9-7-22(8-10-23)11-12-24/h3-6,14-15,24H,7-12H2,1-2H3,(H,21,25)/b17-14-. The number of benzene rings is 1. The van der Waals surface area contributed by atoms with Crippen molar-refractivity contribution in [1.29, 1.82) is 5.26 Å². The van der Waals surface area contributed by atoms with Crippen LogP contribution in [0.25, 0.3) is 0 Å². The third-order valence-electron chi connectivity index (χ3n) is 4.34. The summed E-state index contributed by atoms with van der Waals surface area (Å²) in [5.41, 5.74) is 1.99. The summed E-state index contributed by atoms with van der Waals surface area (Å²) < 4.78 is 0. The molecule has 1 aromatic rings. The van der Waals surface area contributed by atoms with Crippen LogP contribution in [0.15, 0.2) is 36.0 Å². The molecule has 1 saturated heterocycles. The average Bonchev–Trinajstić information content (AvgIpc) is 2.61. The van der Waals surface area contributed by atoms with E-state index in [1.807, 2.05) is 35.2 Å². The molecule has 0 unspecified atom stereocenters. The lowest BCUT2D eigenvalue weighted by molar-refractivity contribution is -0.112. The molecule has 0 radical (unpaired) electrons. The number of aliphatic hydroxyl groups excluding tert-OH is 1. The number of nitrogens with zero attached hydrogens (tertiary/aromatic N) is 3. The zero-order chi connectivity index (χ0) is 18.2. The Morgan fingerprint density at radius 3 is 2.44 bits per heavy atom. The van der Waals surface area contributed by atoms with Gasteiger partial charge in [0, 0.05) is 44.6 Å². The van der Waals surface area contributed by atoms with E-state index in [9.17, 15) is 10.1 Å². The lowest BCUT2D eigenvalue weighted by atomic mass is 10.0. The molecule has 6 heteroatoms. The molecule has 2 N–H and O–H groups in total. The molecular formula is C19H26N4O2. The highest BCUT2D eigenvalue weighted by Gasteiger charge is 2.17. The second-order valence-electron chi connectivity index (χ2n) is 6.49. The van der Waals surface area contributed by atoms with Crippen LogP contribution in [0.2, 0.25) is 0 Å². The number of anilines is 1. The van der Waals surface area contributed by atoms with E-state index < -0.39 is 5.91 Å². The quantitative estimate of drug-likeness (QED) is 0.608. The number of nitriles is 1. The number of piperazine rings is 1. The molecule has 1 amide bonds. The predicted molar refractivity (Wildman–Crippen MR) is 98.0 cm³/mol.